The number of hydrogen-bond acceptors (Lipinski definition) is 5. The van der Waals surface area contributed by atoms with Crippen molar-refractivity contribution < 1.29 is 24.5 Å². The molecule has 2 atom stereocenters. The second kappa shape index (κ2) is 82.0. The average molecular weight is 1300 g/mol. The summed E-state index contributed by atoms with van der Waals surface area (Å²) >= 11 is 0. The van der Waals surface area contributed by atoms with Gasteiger partial charge < -0.3 is 20.3 Å². The molecule has 6 heteroatoms. The van der Waals surface area contributed by atoms with Crippen LogP contribution in [0.1, 0.15) is 502 Å². The van der Waals surface area contributed by atoms with Crippen molar-refractivity contribution >= 4 is 11.9 Å². The van der Waals surface area contributed by atoms with Crippen molar-refractivity contribution in [3.63, 3.8) is 0 Å². The van der Waals surface area contributed by atoms with Gasteiger partial charge in [0.25, 0.3) is 0 Å². The summed E-state index contributed by atoms with van der Waals surface area (Å²) in [6.45, 7) is 5.02. The molecule has 0 fully saturated rings. The molecule has 0 rings (SSSR count). The summed E-state index contributed by atoms with van der Waals surface area (Å²) in [5.74, 6) is 0.00252. The maximum absolute atomic E-state index is 12.6. The van der Waals surface area contributed by atoms with E-state index >= 15 is 0 Å². The first-order valence-corrected chi connectivity index (χ1v) is 42.9. The van der Waals surface area contributed by atoms with E-state index in [1.807, 2.05) is 0 Å². The highest BCUT2D eigenvalue weighted by atomic mass is 16.5. The lowest BCUT2D eigenvalue weighted by Crippen LogP contribution is -2.45. The molecule has 0 bridgehead atoms. The first kappa shape index (κ1) is 90.6. The smallest absolute Gasteiger partial charge is 0.305 e. The maximum atomic E-state index is 12.6. The molecule has 0 aliphatic heterocycles. The quantitative estimate of drug-likeness (QED) is 0.0320. The Balaban J connectivity index is 3.31. The van der Waals surface area contributed by atoms with Gasteiger partial charge in [-0.25, -0.2) is 0 Å². The fraction of sp³-hybridized carbons (Fsp3) is 0.953. The van der Waals surface area contributed by atoms with E-state index in [4.69, 9.17) is 4.74 Å². The Hall–Kier alpha value is -1.40. The molecule has 6 nitrogen and oxygen atoms in total. The predicted octanol–water partition coefficient (Wildman–Crippen LogP) is 28.6. The van der Waals surface area contributed by atoms with E-state index in [1.165, 1.54) is 430 Å². The zero-order chi connectivity index (χ0) is 66.3. The van der Waals surface area contributed by atoms with Gasteiger partial charge in [-0.3, -0.25) is 9.59 Å². The van der Waals surface area contributed by atoms with Crippen LogP contribution in [0.4, 0.5) is 0 Å². The lowest BCUT2D eigenvalue weighted by Gasteiger charge is -2.22. The first-order valence-electron chi connectivity index (χ1n) is 42.9. The van der Waals surface area contributed by atoms with E-state index in [0.29, 0.717) is 25.9 Å². The molecule has 0 radical (unpaired) electrons. The Morgan fingerprint density at radius 2 is 0.511 bits per heavy atom. The molecular formula is C86H169NO5. The van der Waals surface area contributed by atoms with Gasteiger partial charge in [0.2, 0.25) is 5.91 Å². The molecule has 0 aliphatic rings. The molecule has 0 heterocycles. The number of rotatable bonds is 82. The molecule has 3 N–H and O–H groups in total. The maximum Gasteiger partial charge on any atom is 0.305 e. The van der Waals surface area contributed by atoms with E-state index < -0.39 is 12.1 Å². The van der Waals surface area contributed by atoms with E-state index in [9.17, 15) is 19.8 Å². The first-order chi connectivity index (χ1) is 45.5. The molecule has 0 aromatic heterocycles. The highest BCUT2D eigenvalue weighted by molar-refractivity contribution is 5.76. The molecule has 1 amide bonds. The van der Waals surface area contributed by atoms with E-state index in [1.54, 1.807) is 0 Å². The summed E-state index contributed by atoms with van der Waals surface area (Å²) < 4.78 is 5.52. The van der Waals surface area contributed by atoms with E-state index in [2.05, 4.69) is 31.3 Å². The lowest BCUT2D eigenvalue weighted by molar-refractivity contribution is -0.143. The molecule has 548 valence electrons. The van der Waals surface area contributed by atoms with Crippen molar-refractivity contribution in [3.8, 4) is 0 Å². The molecule has 2 unspecified atom stereocenters. The summed E-state index contributed by atoms with van der Waals surface area (Å²) in [6.07, 6.45) is 105. The van der Waals surface area contributed by atoms with Gasteiger partial charge in [-0.15, -0.1) is 0 Å². The fourth-order valence-corrected chi connectivity index (χ4v) is 14.1. The molecule has 0 spiro atoms. The minimum Gasteiger partial charge on any atom is -0.466 e. The number of amides is 1. The Morgan fingerprint density at radius 3 is 0.772 bits per heavy atom. The molecule has 0 aromatic rings. The normalized spacial score (nSPS) is 12.4. The summed E-state index contributed by atoms with van der Waals surface area (Å²) in [6, 6.07) is -0.538. The van der Waals surface area contributed by atoms with Crippen molar-refractivity contribution in [3.05, 3.63) is 12.2 Å². The van der Waals surface area contributed by atoms with Gasteiger partial charge in [0, 0.05) is 12.8 Å². The Kier molecular flexibility index (Phi) is 80.8. The number of hydrogen-bond donors (Lipinski definition) is 3. The second-order valence-corrected chi connectivity index (χ2v) is 29.9. The predicted molar refractivity (Wildman–Crippen MR) is 407 cm³/mol. The summed E-state index contributed by atoms with van der Waals surface area (Å²) in [5.41, 5.74) is 0. The van der Waals surface area contributed by atoms with Crippen LogP contribution >= 0.6 is 0 Å². The van der Waals surface area contributed by atoms with Crippen molar-refractivity contribution in [2.24, 2.45) is 0 Å². The third kappa shape index (κ3) is 77.6. The highest BCUT2D eigenvalue weighted by Crippen LogP contribution is 2.21. The van der Waals surface area contributed by atoms with Crippen molar-refractivity contribution in [1.29, 1.82) is 0 Å². The Labute approximate surface area is 578 Å². The zero-order valence-corrected chi connectivity index (χ0v) is 63.1. The third-order valence-electron chi connectivity index (χ3n) is 20.6. The van der Waals surface area contributed by atoms with Gasteiger partial charge in [-0.2, -0.15) is 0 Å². The van der Waals surface area contributed by atoms with Crippen LogP contribution in [0.25, 0.3) is 0 Å². The minimum absolute atomic E-state index is 0.0248. The van der Waals surface area contributed by atoms with E-state index in [0.717, 1.165) is 38.5 Å². The van der Waals surface area contributed by atoms with Gasteiger partial charge in [-0.05, 0) is 51.4 Å². The molecule has 0 aliphatic carbocycles. The molecule has 92 heavy (non-hydrogen) atoms. The van der Waals surface area contributed by atoms with Crippen LogP contribution in [0.3, 0.4) is 0 Å². The van der Waals surface area contributed by atoms with Crippen LogP contribution in [0, 0.1) is 0 Å². The summed E-state index contributed by atoms with van der Waals surface area (Å²) in [7, 11) is 0. The van der Waals surface area contributed by atoms with Crippen molar-refractivity contribution in [2.75, 3.05) is 13.2 Å². The number of esters is 1. The number of nitrogens with one attached hydrogen (secondary N) is 1. The number of carbonyl (C=O) groups excluding carboxylic acids is 2. The summed E-state index contributed by atoms with van der Waals surface area (Å²) in [4.78, 5) is 24.7. The van der Waals surface area contributed by atoms with Crippen LogP contribution in [-0.2, 0) is 14.3 Å². The van der Waals surface area contributed by atoms with Crippen LogP contribution in [0.15, 0.2) is 12.2 Å². The molecule has 0 saturated carbocycles. The highest BCUT2D eigenvalue weighted by Gasteiger charge is 2.20. The monoisotopic (exact) mass is 1300 g/mol. The number of unbranched alkanes of at least 4 members (excludes halogenated alkanes) is 69. The number of allylic oxidation sites excluding steroid dienone is 2. The standard InChI is InChI=1S/C86H169NO5/c1-3-5-7-9-11-13-15-17-19-21-22-44-47-50-54-58-62-66-70-74-78-84(89)83(82-88)87-85(90)79-75-71-67-63-59-55-51-48-45-42-40-38-36-34-32-30-28-26-24-23-25-27-29-31-33-35-37-39-41-43-46-49-53-57-61-65-69-73-77-81-92-86(91)80-76-72-68-64-60-56-52-20-18-16-14-12-10-8-6-4-2/h23-24,83-84,88-89H,3-22,25-82H2,1-2H3,(H,87,90)/b24-23-. The lowest BCUT2D eigenvalue weighted by atomic mass is 10.0. The average Bonchev–Trinajstić information content (AvgIpc) is 3.76. The minimum atomic E-state index is -0.662. The van der Waals surface area contributed by atoms with Crippen LogP contribution in [0.5, 0.6) is 0 Å². The topological polar surface area (TPSA) is 95.9 Å². The SMILES string of the molecule is CCCCCCCCCCCCCCCCCCCCCCC(O)C(CO)NC(=O)CCCCCCCCCCCCCCCCCCC/C=C\CCCCCCCCCCCCCCCCCCCCOC(=O)CCCCCCCCCCCCCCCCCC. The second-order valence-electron chi connectivity index (χ2n) is 29.9. The number of ether oxygens (including phenoxy) is 1. The molecular weight excluding hydrogens is 1130 g/mol. The van der Waals surface area contributed by atoms with Crippen LogP contribution < -0.4 is 5.32 Å². The van der Waals surface area contributed by atoms with Gasteiger partial charge >= 0.3 is 5.97 Å². The number of aliphatic hydroxyl groups is 2. The van der Waals surface area contributed by atoms with Crippen molar-refractivity contribution in [1.82, 2.24) is 5.32 Å². The van der Waals surface area contributed by atoms with E-state index in [-0.39, 0.29) is 18.5 Å². The number of carbonyl (C=O) groups is 2. The fourth-order valence-electron chi connectivity index (χ4n) is 14.1. The third-order valence-corrected chi connectivity index (χ3v) is 20.6. The van der Waals surface area contributed by atoms with Crippen LogP contribution in [0.2, 0.25) is 0 Å². The Morgan fingerprint density at radius 1 is 0.293 bits per heavy atom. The largest absolute Gasteiger partial charge is 0.466 e. The van der Waals surface area contributed by atoms with Gasteiger partial charge in [0.15, 0.2) is 0 Å². The molecule has 0 saturated heterocycles. The van der Waals surface area contributed by atoms with Gasteiger partial charge in [0.1, 0.15) is 0 Å². The van der Waals surface area contributed by atoms with Crippen molar-refractivity contribution in [2.45, 2.75) is 514 Å². The van der Waals surface area contributed by atoms with Gasteiger partial charge in [0.05, 0.1) is 25.4 Å². The van der Waals surface area contributed by atoms with Gasteiger partial charge in [-0.1, -0.05) is 450 Å². The summed E-state index contributed by atoms with van der Waals surface area (Å²) in [5, 5.41) is 23.5. The Bertz CT molecular complexity index is 1400. The zero-order valence-electron chi connectivity index (χ0n) is 63.1. The number of aliphatic hydroxyl groups excluding tert-OH is 2. The van der Waals surface area contributed by atoms with Crippen LogP contribution in [-0.4, -0.2) is 47.4 Å². The molecule has 0 aromatic carbocycles.